The van der Waals surface area contributed by atoms with Crippen molar-refractivity contribution in [1.82, 2.24) is 4.98 Å². The molecule has 1 aromatic carbocycles. The summed E-state index contributed by atoms with van der Waals surface area (Å²) in [4.78, 5) is 25.9. The van der Waals surface area contributed by atoms with Crippen molar-refractivity contribution >= 4 is 33.3 Å². The van der Waals surface area contributed by atoms with E-state index in [0.29, 0.717) is 5.82 Å². The first-order valence-electron chi connectivity index (χ1n) is 5.84. The Bertz CT molecular complexity index is 661. The van der Waals surface area contributed by atoms with Gasteiger partial charge in [0.05, 0.1) is 4.92 Å². The Labute approximate surface area is 128 Å². The molecule has 0 aliphatic carbocycles. The normalized spacial score (nSPS) is 9.95. The number of benzene rings is 1. The largest absolute Gasteiger partial charge is 0.477 e. The number of nitro groups is 1. The summed E-state index contributed by atoms with van der Waals surface area (Å²) in [6.07, 6.45) is 1.54. The minimum atomic E-state index is -0.566. The number of rotatable bonds is 5. The van der Waals surface area contributed by atoms with Crippen molar-refractivity contribution < 1.29 is 14.5 Å². The summed E-state index contributed by atoms with van der Waals surface area (Å²) in [6.45, 7) is -0.345. The van der Waals surface area contributed by atoms with Crippen molar-refractivity contribution in [3.63, 3.8) is 0 Å². The van der Waals surface area contributed by atoms with E-state index >= 15 is 0 Å². The predicted molar refractivity (Wildman–Crippen MR) is 79.2 cm³/mol. The highest BCUT2D eigenvalue weighted by molar-refractivity contribution is 9.10. The number of carbonyl (C=O) groups is 1. The van der Waals surface area contributed by atoms with Gasteiger partial charge in [0, 0.05) is 16.7 Å². The first-order valence-corrected chi connectivity index (χ1v) is 6.63. The topological polar surface area (TPSA) is 94.4 Å². The van der Waals surface area contributed by atoms with Crippen LogP contribution < -0.4 is 10.1 Å². The first-order chi connectivity index (χ1) is 10.1. The first kappa shape index (κ1) is 14.9. The molecule has 0 atom stereocenters. The lowest BCUT2D eigenvalue weighted by Crippen LogP contribution is -2.21. The molecule has 0 saturated heterocycles. The predicted octanol–water partition coefficient (Wildman–Crippen LogP) is 2.77. The lowest BCUT2D eigenvalue weighted by Gasteiger charge is -2.07. The highest BCUT2D eigenvalue weighted by atomic mass is 79.9. The minimum absolute atomic E-state index is 0.0430. The Balaban J connectivity index is 1.95. The molecule has 2 rings (SSSR count). The van der Waals surface area contributed by atoms with Crippen LogP contribution in [-0.4, -0.2) is 22.4 Å². The monoisotopic (exact) mass is 351 g/mol. The van der Waals surface area contributed by atoms with Gasteiger partial charge < -0.3 is 10.1 Å². The van der Waals surface area contributed by atoms with Gasteiger partial charge in [-0.05, 0) is 34.1 Å². The van der Waals surface area contributed by atoms with Gasteiger partial charge in [-0.1, -0.05) is 12.1 Å². The lowest BCUT2D eigenvalue weighted by atomic mass is 10.3. The van der Waals surface area contributed by atoms with E-state index in [0.717, 1.165) is 4.47 Å². The van der Waals surface area contributed by atoms with Gasteiger partial charge in [0.1, 0.15) is 5.82 Å². The molecule has 0 aliphatic rings. The molecule has 0 aliphatic heterocycles. The van der Waals surface area contributed by atoms with E-state index in [-0.39, 0.29) is 18.0 Å². The van der Waals surface area contributed by atoms with Crippen molar-refractivity contribution in [1.29, 1.82) is 0 Å². The molecule has 108 valence electrons. The number of para-hydroxylation sites is 2. The Morgan fingerprint density at radius 3 is 2.76 bits per heavy atom. The van der Waals surface area contributed by atoms with Gasteiger partial charge in [0.2, 0.25) is 0 Å². The standard InChI is InChI=1S/C13H10BrN3O4/c14-9-5-6-12(15-7-9)16-13(18)8-21-11-4-2-1-3-10(11)17(19)20/h1-7H,8H2,(H,15,16,18). The van der Waals surface area contributed by atoms with Gasteiger partial charge in [-0.25, -0.2) is 4.98 Å². The van der Waals surface area contributed by atoms with Gasteiger partial charge in [0.25, 0.3) is 5.91 Å². The SMILES string of the molecule is O=C(COc1ccccc1[N+](=O)[O-])Nc1ccc(Br)cn1. The van der Waals surface area contributed by atoms with Crippen LogP contribution >= 0.6 is 15.9 Å². The molecule has 21 heavy (non-hydrogen) atoms. The second-order valence-corrected chi connectivity index (χ2v) is 4.84. The molecule has 0 saturated carbocycles. The van der Waals surface area contributed by atoms with Crippen LogP contribution in [0.25, 0.3) is 0 Å². The van der Waals surface area contributed by atoms with Crippen LogP contribution in [0.2, 0.25) is 0 Å². The van der Waals surface area contributed by atoms with Crippen molar-refractivity contribution in [2.75, 3.05) is 11.9 Å². The van der Waals surface area contributed by atoms with E-state index in [1.165, 1.54) is 18.2 Å². The fourth-order valence-electron chi connectivity index (χ4n) is 1.50. The summed E-state index contributed by atoms with van der Waals surface area (Å²) in [5, 5.41) is 13.3. The van der Waals surface area contributed by atoms with Crippen LogP contribution in [0.1, 0.15) is 0 Å². The molecule has 1 heterocycles. The van der Waals surface area contributed by atoms with E-state index in [1.54, 1.807) is 24.4 Å². The van der Waals surface area contributed by atoms with Crippen LogP contribution in [0.4, 0.5) is 11.5 Å². The molecule has 1 aromatic heterocycles. The molecule has 0 radical (unpaired) electrons. The highest BCUT2D eigenvalue weighted by Crippen LogP contribution is 2.25. The Morgan fingerprint density at radius 1 is 1.33 bits per heavy atom. The molecule has 8 heteroatoms. The number of ether oxygens (including phenoxy) is 1. The number of nitrogens with one attached hydrogen (secondary N) is 1. The van der Waals surface area contributed by atoms with Crippen molar-refractivity contribution in [3.05, 3.63) is 57.2 Å². The summed E-state index contributed by atoms with van der Waals surface area (Å²) >= 11 is 3.23. The second-order valence-electron chi connectivity index (χ2n) is 3.92. The number of hydrogen-bond donors (Lipinski definition) is 1. The number of hydrogen-bond acceptors (Lipinski definition) is 5. The average Bonchev–Trinajstić information content (AvgIpc) is 2.48. The van der Waals surface area contributed by atoms with Gasteiger partial charge in [0.15, 0.2) is 12.4 Å². The van der Waals surface area contributed by atoms with Crippen molar-refractivity contribution in [2.24, 2.45) is 0 Å². The molecular formula is C13H10BrN3O4. The summed E-state index contributed by atoms with van der Waals surface area (Å²) in [5.41, 5.74) is -0.188. The molecule has 0 fully saturated rings. The van der Waals surface area contributed by atoms with E-state index in [4.69, 9.17) is 4.74 Å². The quantitative estimate of drug-likeness (QED) is 0.660. The summed E-state index contributed by atoms with van der Waals surface area (Å²) < 4.78 is 5.95. The number of amides is 1. The number of aromatic nitrogens is 1. The molecule has 1 amide bonds. The smallest absolute Gasteiger partial charge is 0.310 e. The average molecular weight is 352 g/mol. The fraction of sp³-hybridized carbons (Fsp3) is 0.0769. The maximum absolute atomic E-state index is 11.7. The zero-order valence-electron chi connectivity index (χ0n) is 10.7. The number of nitro benzene ring substituents is 1. The number of nitrogens with zero attached hydrogens (tertiary/aromatic N) is 2. The number of halogens is 1. The fourth-order valence-corrected chi connectivity index (χ4v) is 1.74. The summed E-state index contributed by atoms with van der Waals surface area (Å²) in [5.74, 6) is -0.0428. The maximum Gasteiger partial charge on any atom is 0.310 e. The highest BCUT2D eigenvalue weighted by Gasteiger charge is 2.15. The molecule has 2 aromatic rings. The molecule has 7 nitrogen and oxygen atoms in total. The summed E-state index contributed by atoms with van der Waals surface area (Å²) in [6, 6.07) is 9.21. The van der Waals surface area contributed by atoms with Gasteiger partial charge in [-0.15, -0.1) is 0 Å². The van der Waals surface area contributed by atoms with Crippen LogP contribution in [0, 0.1) is 10.1 Å². The molecular weight excluding hydrogens is 342 g/mol. The Morgan fingerprint density at radius 2 is 2.10 bits per heavy atom. The van der Waals surface area contributed by atoms with Gasteiger partial charge in [-0.2, -0.15) is 0 Å². The van der Waals surface area contributed by atoms with E-state index in [1.807, 2.05) is 0 Å². The van der Waals surface area contributed by atoms with Crippen LogP contribution in [0.5, 0.6) is 5.75 Å². The van der Waals surface area contributed by atoms with E-state index in [2.05, 4.69) is 26.2 Å². The molecule has 0 unspecified atom stereocenters. The Kier molecular flexibility index (Phi) is 4.83. The third-order valence-electron chi connectivity index (χ3n) is 2.42. The zero-order valence-corrected chi connectivity index (χ0v) is 12.2. The van der Waals surface area contributed by atoms with Crippen LogP contribution in [0.15, 0.2) is 47.1 Å². The molecule has 1 N–H and O–H groups in total. The minimum Gasteiger partial charge on any atom is -0.477 e. The maximum atomic E-state index is 11.7. The van der Waals surface area contributed by atoms with E-state index < -0.39 is 10.8 Å². The van der Waals surface area contributed by atoms with Crippen molar-refractivity contribution in [3.8, 4) is 5.75 Å². The van der Waals surface area contributed by atoms with Crippen LogP contribution in [0.3, 0.4) is 0 Å². The third-order valence-corrected chi connectivity index (χ3v) is 2.88. The zero-order chi connectivity index (χ0) is 15.2. The third kappa shape index (κ3) is 4.25. The second kappa shape index (κ2) is 6.80. The molecule has 0 spiro atoms. The summed E-state index contributed by atoms with van der Waals surface area (Å²) in [7, 11) is 0. The van der Waals surface area contributed by atoms with Gasteiger partial charge >= 0.3 is 5.69 Å². The number of pyridine rings is 1. The van der Waals surface area contributed by atoms with Crippen LogP contribution in [-0.2, 0) is 4.79 Å². The number of carbonyl (C=O) groups excluding carboxylic acids is 1. The molecule has 0 bridgehead atoms. The van der Waals surface area contributed by atoms with Crippen molar-refractivity contribution in [2.45, 2.75) is 0 Å². The Hall–Kier alpha value is -2.48. The van der Waals surface area contributed by atoms with E-state index in [9.17, 15) is 14.9 Å². The van der Waals surface area contributed by atoms with Gasteiger partial charge in [-0.3, -0.25) is 14.9 Å². The lowest BCUT2D eigenvalue weighted by molar-refractivity contribution is -0.385. The number of anilines is 1.